The summed E-state index contributed by atoms with van der Waals surface area (Å²) in [5.41, 5.74) is 0.440. The van der Waals surface area contributed by atoms with E-state index in [9.17, 15) is 13.9 Å². The lowest BCUT2D eigenvalue weighted by molar-refractivity contribution is -0.0493. The van der Waals surface area contributed by atoms with Crippen molar-refractivity contribution in [3.63, 3.8) is 0 Å². The highest BCUT2D eigenvalue weighted by atomic mass is 19.3. The number of rotatable bonds is 7. The van der Waals surface area contributed by atoms with Crippen molar-refractivity contribution in [2.75, 3.05) is 32.5 Å². The van der Waals surface area contributed by atoms with Gasteiger partial charge in [-0.05, 0) is 26.2 Å². The van der Waals surface area contributed by atoms with Crippen LogP contribution in [0.2, 0.25) is 0 Å². The van der Waals surface area contributed by atoms with Crippen LogP contribution in [-0.2, 0) is 0 Å². The van der Waals surface area contributed by atoms with Crippen LogP contribution in [0, 0.1) is 0 Å². The third-order valence-electron chi connectivity index (χ3n) is 2.21. The van der Waals surface area contributed by atoms with Crippen LogP contribution in [0.15, 0.2) is 24.3 Å². The molecule has 1 aromatic rings. The standard InChI is InChI=1S/C12H18F2N2O2/c1-16(2)8-9(17)7-15-10-5-3-4-6-11(10)18-12(13)14/h3-6,9,12,15,17H,7-8H2,1-2H3. The van der Waals surface area contributed by atoms with E-state index in [-0.39, 0.29) is 12.3 Å². The molecule has 0 amide bonds. The highest BCUT2D eigenvalue weighted by Crippen LogP contribution is 2.25. The first-order valence-corrected chi connectivity index (χ1v) is 5.59. The number of likely N-dealkylation sites (N-methyl/N-ethyl adjacent to an activating group) is 1. The molecule has 2 N–H and O–H groups in total. The van der Waals surface area contributed by atoms with Gasteiger partial charge in [-0.1, -0.05) is 12.1 Å². The van der Waals surface area contributed by atoms with Crippen LogP contribution in [0.4, 0.5) is 14.5 Å². The Morgan fingerprint density at radius 1 is 1.33 bits per heavy atom. The maximum atomic E-state index is 12.2. The molecule has 1 aromatic carbocycles. The van der Waals surface area contributed by atoms with E-state index in [4.69, 9.17) is 0 Å². The summed E-state index contributed by atoms with van der Waals surface area (Å²) in [5, 5.41) is 12.5. The molecule has 0 saturated heterocycles. The number of hydrogen-bond donors (Lipinski definition) is 2. The van der Waals surface area contributed by atoms with E-state index < -0.39 is 12.7 Å². The number of aliphatic hydroxyl groups is 1. The first-order chi connectivity index (χ1) is 8.49. The SMILES string of the molecule is CN(C)CC(O)CNc1ccccc1OC(F)F. The van der Waals surface area contributed by atoms with E-state index in [1.54, 1.807) is 18.2 Å². The fourth-order valence-corrected chi connectivity index (χ4v) is 1.53. The maximum Gasteiger partial charge on any atom is 0.387 e. The molecule has 0 radical (unpaired) electrons. The van der Waals surface area contributed by atoms with Gasteiger partial charge >= 0.3 is 6.61 Å². The molecule has 0 spiro atoms. The Morgan fingerprint density at radius 3 is 2.61 bits per heavy atom. The summed E-state index contributed by atoms with van der Waals surface area (Å²) >= 11 is 0. The summed E-state index contributed by atoms with van der Waals surface area (Å²) in [5.74, 6) is 0.0737. The van der Waals surface area contributed by atoms with Crippen LogP contribution in [0.1, 0.15) is 0 Å². The van der Waals surface area contributed by atoms with Crippen molar-refractivity contribution in [1.82, 2.24) is 4.90 Å². The first-order valence-electron chi connectivity index (χ1n) is 5.59. The van der Waals surface area contributed by atoms with Gasteiger partial charge in [-0.25, -0.2) is 0 Å². The van der Waals surface area contributed by atoms with Gasteiger partial charge in [-0.15, -0.1) is 0 Å². The summed E-state index contributed by atoms with van der Waals surface area (Å²) < 4.78 is 28.7. The highest BCUT2D eigenvalue weighted by molar-refractivity contribution is 5.56. The molecule has 0 saturated carbocycles. The lowest BCUT2D eigenvalue weighted by atomic mass is 10.2. The van der Waals surface area contributed by atoms with Gasteiger partial charge in [0.1, 0.15) is 5.75 Å². The molecule has 0 fully saturated rings. The van der Waals surface area contributed by atoms with Crippen LogP contribution < -0.4 is 10.1 Å². The minimum absolute atomic E-state index is 0.0737. The van der Waals surface area contributed by atoms with Crippen molar-refractivity contribution < 1.29 is 18.6 Å². The number of anilines is 1. The molecule has 0 aromatic heterocycles. The predicted molar refractivity (Wildman–Crippen MR) is 66.1 cm³/mol. The molecule has 1 rings (SSSR count). The van der Waals surface area contributed by atoms with E-state index >= 15 is 0 Å². The first kappa shape index (κ1) is 14.7. The molecular formula is C12H18F2N2O2. The zero-order valence-corrected chi connectivity index (χ0v) is 10.4. The Labute approximate surface area is 105 Å². The molecule has 0 aliphatic rings. The summed E-state index contributed by atoms with van der Waals surface area (Å²) in [7, 11) is 3.69. The molecule has 102 valence electrons. The van der Waals surface area contributed by atoms with Crippen molar-refractivity contribution in [2.24, 2.45) is 0 Å². The largest absolute Gasteiger partial charge is 0.433 e. The highest BCUT2D eigenvalue weighted by Gasteiger charge is 2.10. The second-order valence-electron chi connectivity index (χ2n) is 4.17. The summed E-state index contributed by atoms with van der Waals surface area (Å²) in [6.45, 7) is -2.10. The van der Waals surface area contributed by atoms with Gasteiger partial charge < -0.3 is 20.1 Å². The molecule has 0 bridgehead atoms. The topological polar surface area (TPSA) is 44.7 Å². The predicted octanol–water partition coefficient (Wildman–Crippen LogP) is 1.62. The second kappa shape index (κ2) is 7.13. The van der Waals surface area contributed by atoms with Gasteiger partial charge in [0.25, 0.3) is 0 Å². The van der Waals surface area contributed by atoms with Crippen molar-refractivity contribution >= 4 is 5.69 Å². The minimum Gasteiger partial charge on any atom is -0.433 e. The number of para-hydroxylation sites is 2. The number of ether oxygens (including phenoxy) is 1. The van der Waals surface area contributed by atoms with E-state index in [1.165, 1.54) is 6.07 Å². The van der Waals surface area contributed by atoms with Gasteiger partial charge in [0.2, 0.25) is 0 Å². The van der Waals surface area contributed by atoms with Gasteiger partial charge in [-0.3, -0.25) is 0 Å². The number of halogens is 2. The number of nitrogens with zero attached hydrogens (tertiary/aromatic N) is 1. The Kier molecular flexibility index (Phi) is 5.80. The van der Waals surface area contributed by atoms with Crippen LogP contribution in [-0.4, -0.2) is 49.9 Å². The van der Waals surface area contributed by atoms with Crippen LogP contribution >= 0.6 is 0 Å². The maximum absolute atomic E-state index is 12.2. The smallest absolute Gasteiger partial charge is 0.387 e. The number of nitrogens with one attached hydrogen (secondary N) is 1. The molecule has 1 unspecified atom stereocenters. The Morgan fingerprint density at radius 2 is 2.00 bits per heavy atom. The summed E-state index contributed by atoms with van der Waals surface area (Å²) in [6, 6.07) is 6.39. The fourth-order valence-electron chi connectivity index (χ4n) is 1.53. The van der Waals surface area contributed by atoms with Gasteiger partial charge in [0.05, 0.1) is 11.8 Å². The van der Waals surface area contributed by atoms with Gasteiger partial charge in [0.15, 0.2) is 0 Å². The van der Waals surface area contributed by atoms with Crippen LogP contribution in [0.25, 0.3) is 0 Å². The number of aliphatic hydroxyl groups excluding tert-OH is 1. The average Bonchev–Trinajstić information content (AvgIpc) is 2.26. The second-order valence-corrected chi connectivity index (χ2v) is 4.17. The van der Waals surface area contributed by atoms with Gasteiger partial charge in [-0.2, -0.15) is 8.78 Å². The summed E-state index contributed by atoms with van der Waals surface area (Å²) in [6.07, 6.45) is -0.584. The lowest BCUT2D eigenvalue weighted by Crippen LogP contribution is -2.31. The number of hydrogen-bond acceptors (Lipinski definition) is 4. The van der Waals surface area contributed by atoms with Crippen LogP contribution in [0.5, 0.6) is 5.75 Å². The van der Waals surface area contributed by atoms with E-state index in [0.717, 1.165) is 0 Å². The third-order valence-corrected chi connectivity index (χ3v) is 2.21. The zero-order chi connectivity index (χ0) is 13.5. The van der Waals surface area contributed by atoms with E-state index in [1.807, 2.05) is 19.0 Å². The third kappa shape index (κ3) is 5.29. The Bertz CT molecular complexity index is 362. The van der Waals surface area contributed by atoms with Crippen molar-refractivity contribution in [2.45, 2.75) is 12.7 Å². The zero-order valence-electron chi connectivity index (χ0n) is 10.4. The normalized spacial score (nSPS) is 12.8. The molecule has 0 aliphatic heterocycles. The van der Waals surface area contributed by atoms with E-state index in [0.29, 0.717) is 12.2 Å². The molecule has 0 heterocycles. The molecule has 1 atom stereocenters. The van der Waals surface area contributed by atoms with Gasteiger partial charge in [0, 0.05) is 13.1 Å². The van der Waals surface area contributed by atoms with Crippen molar-refractivity contribution in [3.05, 3.63) is 24.3 Å². The monoisotopic (exact) mass is 260 g/mol. The number of alkyl halides is 2. The Hall–Kier alpha value is -1.40. The molecule has 4 nitrogen and oxygen atoms in total. The van der Waals surface area contributed by atoms with Crippen molar-refractivity contribution in [3.8, 4) is 5.75 Å². The molecule has 18 heavy (non-hydrogen) atoms. The quantitative estimate of drug-likeness (QED) is 0.782. The van der Waals surface area contributed by atoms with E-state index in [2.05, 4.69) is 10.1 Å². The van der Waals surface area contributed by atoms with Crippen LogP contribution in [0.3, 0.4) is 0 Å². The molecule has 0 aliphatic carbocycles. The lowest BCUT2D eigenvalue weighted by Gasteiger charge is -2.18. The molecular weight excluding hydrogens is 242 g/mol. The molecule has 6 heteroatoms. The minimum atomic E-state index is -2.86. The average molecular weight is 260 g/mol. The van der Waals surface area contributed by atoms with Crippen molar-refractivity contribution in [1.29, 1.82) is 0 Å². The fraction of sp³-hybridized carbons (Fsp3) is 0.500. The Balaban J connectivity index is 2.55. The number of benzene rings is 1. The summed E-state index contributed by atoms with van der Waals surface area (Å²) in [4.78, 5) is 1.84.